The minimum atomic E-state index is -3.89. The summed E-state index contributed by atoms with van der Waals surface area (Å²) in [6, 6.07) is 10.1. The number of methoxy groups -OCH3 is 1. The van der Waals surface area contributed by atoms with Gasteiger partial charge in [0.2, 0.25) is 22.7 Å². The van der Waals surface area contributed by atoms with Crippen molar-refractivity contribution in [1.82, 2.24) is 4.72 Å². The van der Waals surface area contributed by atoms with Crippen molar-refractivity contribution in [2.24, 2.45) is 5.92 Å². The molecule has 29 heavy (non-hydrogen) atoms. The fraction of sp³-hybridized carbons (Fsp3) is 0.350. The van der Waals surface area contributed by atoms with Gasteiger partial charge in [0, 0.05) is 11.8 Å². The smallest absolute Gasteiger partial charge is 0.242 e. The van der Waals surface area contributed by atoms with E-state index in [1.54, 1.807) is 30.3 Å². The van der Waals surface area contributed by atoms with Crippen molar-refractivity contribution in [2.75, 3.05) is 19.2 Å². The highest BCUT2D eigenvalue weighted by Gasteiger charge is 2.27. The summed E-state index contributed by atoms with van der Waals surface area (Å²) in [6.07, 6.45) is 0.339. The van der Waals surface area contributed by atoms with E-state index in [1.807, 2.05) is 13.8 Å². The van der Waals surface area contributed by atoms with E-state index in [1.165, 1.54) is 19.2 Å². The maximum absolute atomic E-state index is 12.8. The molecule has 1 amide bonds. The molecular weight excluding hydrogens is 396 g/mol. The van der Waals surface area contributed by atoms with Crippen molar-refractivity contribution < 1.29 is 27.4 Å². The molecule has 0 aromatic heterocycles. The van der Waals surface area contributed by atoms with E-state index in [2.05, 4.69) is 10.0 Å². The van der Waals surface area contributed by atoms with Crippen LogP contribution in [0.1, 0.15) is 20.3 Å². The summed E-state index contributed by atoms with van der Waals surface area (Å²) in [4.78, 5) is 12.9. The molecule has 1 atom stereocenters. The lowest BCUT2D eigenvalue weighted by molar-refractivity contribution is -0.118. The maximum atomic E-state index is 12.8. The van der Waals surface area contributed by atoms with E-state index in [0.29, 0.717) is 29.4 Å². The van der Waals surface area contributed by atoms with Crippen LogP contribution in [0.2, 0.25) is 0 Å². The molecule has 2 aromatic carbocycles. The Bertz CT molecular complexity index is 973. The molecule has 0 aliphatic carbocycles. The number of carbonyl (C=O) groups excluding carboxylic acids is 1. The molecule has 0 saturated heterocycles. The van der Waals surface area contributed by atoms with E-state index in [9.17, 15) is 13.2 Å². The SMILES string of the molecule is COc1ccc(S(=O)(=O)N[C@@H](CC(C)C)C(=O)Nc2ccc3c(c2)OCO3)cc1. The number of fused-ring (bicyclic) bond motifs is 1. The summed E-state index contributed by atoms with van der Waals surface area (Å²) in [5.41, 5.74) is 0.497. The van der Waals surface area contributed by atoms with Crippen molar-refractivity contribution in [3.05, 3.63) is 42.5 Å². The average Bonchev–Trinajstić information content (AvgIpc) is 3.15. The first kappa shape index (κ1) is 20.9. The van der Waals surface area contributed by atoms with Crippen LogP contribution in [0.25, 0.3) is 0 Å². The number of ether oxygens (including phenoxy) is 3. The first-order chi connectivity index (χ1) is 13.8. The van der Waals surface area contributed by atoms with Gasteiger partial charge in [-0.3, -0.25) is 4.79 Å². The number of amides is 1. The topological polar surface area (TPSA) is 103 Å². The lowest BCUT2D eigenvalue weighted by atomic mass is 10.0. The molecule has 0 saturated carbocycles. The summed E-state index contributed by atoms with van der Waals surface area (Å²) in [5, 5.41) is 2.75. The van der Waals surface area contributed by atoms with Crippen LogP contribution in [0.15, 0.2) is 47.4 Å². The number of benzene rings is 2. The van der Waals surface area contributed by atoms with Gasteiger partial charge in [0.1, 0.15) is 11.8 Å². The number of nitrogens with one attached hydrogen (secondary N) is 2. The molecule has 8 nitrogen and oxygen atoms in total. The molecule has 3 rings (SSSR count). The van der Waals surface area contributed by atoms with E-state index < -0.39 is 22.0 Å². The first-order valence-corrected chi connectivity index (χ1v) is 10.6. The van der Waals surface area contributed by atoms with Gasteiger partial charge in [0.05, 0.1) is 12.0 Å². The molecular formula is C20H24N2O6S. The Morgan fingerprint density at radius 2 is 1.79 bits per heavy atom. The Labute approximate surface area is 170 Å². The first-order valence-electron chi connectivity index (χ1n) is 9.15. The predicted molar refractivity (Wildman–Crippen MR) is 108 cm³/mol. The predicted octanol–water partition coefficient (Wildman–Crippen LogP) is 2.76. The second-order valence-electron chi connectivity index (χ2n) is 7.04. The van der Waals surface area contributed by atoms with E-state index in [-0.39, 0.29) is 17.6 Å². The molecule has 0 fully saturated rings. The van der Waals surface area contributed by atoms with Crippen LogP contribution in [-0.2, 0) is 14.8 Å². The second-order valence-corrected chi connectivity index (χ2v) is 8.75. The zero-order valence-electron chi connectivity index (χ0n) is 16.5. The zero-order chi connectivity index (χ0) is 21.0. The summed E-state index contributed by atoms with van der Waals surface area (Å²) in [5.74, 6) is 1.32. The molecule has 1 heterocycles. The molecule has 9 heteroatoms. The van der Waals surface area contributed by atoms with Crippen molar-refractivity contribution in [3.63, 3.8) is 0 Å². The van der Waals surface area contributed by atoms with Crippen LogP contribution in [0.5, 0.6) is 17.2 Å². The minimum Gasteiger partial charge on any atom is -0.497 e. The lowest BCUT2D eigenvalue weighted by Crippen LogP contribution is -2.44. The Hall–Kier alpha value is -2.78. The average molecular weight is 420 g/mol. The van der Waals surface area contributed by atoms with Gasteiger partial charge in [-0.15, -0.1) is 0 Å². The van der Waals surface area contributed by atoms with Gasteiger partial charge in [-0.1, -0.05) is 13.8 Å². The van der Waals surface area contributed by atoms with E-state index in [4.69, 9.17) is 14.2 Å². The van der Waals surface area contributed by atoms with Crippen molar-refractivity contribution in [3.8, 4) is 17.2 Å². The number of anilines is 1. The van der Waals surface area contributed by atoms with Crippen LogP contribution in [0, 0.1) is 5.92 Å². The highest BCUT2D eigenvalue weighted by Crippen LogP contribution is 2.34. The summed E-state index contributed by atoms with van der Waals surface area (Å²) >= 11 is 0. The van der Waals surface area contributed by atoms with Crippen LogP contribution in [0.4, 0.5) is 5.69 Å². The molecule has 0 radical (unpaired) electrons. The van der Waals surface area contributed by atoms with Crippen LogP contribution in [0.3, 0.4) is 0 Å². The zero-order valence-corrected chi connectivity index (χ0v) is 17.3. The fourth-order valence-electron chi connectivity index (χ4n) is 2.89. The normalized spacial score (nSPS) is 13.9. The van der Waals surface area contributed by atoms with Gasteiger partial charge in [-0.25, -0.2) is 8.42 Å². The number of hydrogen-bond acceptors (Lipinski definition) is 6. The summed E-state index contributed by atoms with van der Waals surface area (Å²) < 4.78 is 43.7. The number of carbonyl (C=O) groups is 1. The van der Waals surface area contributed by atoms with Gasteiger partial charge in [-0.05, 0) is 48.7 Å². The third kappa shape index (κ3) is 5.18. The van der Waals surface area contributed by atoms with Crippen LogP contribution >= 0.6 is 0 Å². The third-order valence-corrected chi connectivity index (χ3v) is 5.82. The number of hydrogen-bond donors (Lipinski definition) is 2. The molecule has 156 valence electrons. The van der Waals surface area contributed by atoms with Crippen molar-refractivity contribution in [1.29, 1.82) is 0 Å². The standard InChI is InChI=1S/C20H24N2O6S/c1-13(2)10-17(22-29(24,25)16-7-5-15(26-3)6-8-16)20(23)21-14-4-9-18-19(11-14)28-12-27-18/h4-9,11,13,17,22H,10,12H2,1-3H3,(H,21,23)/t17-/m0/s1. The summed E-state index contributed by atoms with van der Waals surface area (Å²) in [6.45, 7) is 3.97. The van der Waals surface area contributed by atoms with Crippen molar-refractivity contribution >= 4 is 21.6 Å². The highest BCUT2D eigenvalue weighted by atomic mass is 32.2. The Balaban J connectivity index is 1.76. The molecule has 0 bridgehead atoms. The molecule has 0 unspecified atom stereocenters. The maximum Gasteiger partial charge on any atom is 0.242 e. The second kappa shape index (κ2) is 8.71. The van der Waals surface area contributed by atoms with Crippen molar-refractivity contribution in [2.45, 2.75) is 31.2 Å². The third-order valence-electron chi connectivity index (χ3n) is 4.33. The quantitative estimate of drug-likeness (QED) is 0.681. The van der Waals surface area contributed by atoms with Crippen LogP contribution in [-0.4, -0.2) is 34.3 Å². The monoisotopic (exact) mass is 420 g/mol. The van der Waals surface area contributed by atoms with Crippen LogP contribution < -0.4 is 24.2 Å². The van der Waals surface area contributed by atoms with Gasteiger partial charge in [0.15, 0.2) is 11.5 Å². The van der Waals surface area contributed by atoms with Gasteiger partial charge >= 0.3 is 0 Å². The van der Waals surface area contributed by atoms with E-state index in [0.717, 1.165) is 0 Å². The number of rotatable bonds is 8. The summed E-state index contributed by atoms with van der Waals surface area (Å²) in [7, 11) is -2.39. The Morgan fingerprint density at radius 1 is 1.10 bits per heavy atom. The fourth-order valence-corrected chi connectivity index (χ4v) is 4.10. The van der Waals surface area contributed by atoms with Gasteiger partial charge in [-0.2, -0.15) is 4.72 Å². The Kier molecular flexibility index (Phi) is 6.29. The molecule has 1 aliphatic heterocycles. The Morgan fingerprint density at radius 3 is 2.45 bits per heavy atom. The van der Waals surface area contributed by atoms with Gasteiger partial charge < -0.3 is 19.5 Å². The lowest BCUT2D eigenvalue weighted by Gasteiger charge is -2.20. The molecule has 2 N–H and O–H groups in total. The number of sulfonamides is 1. The molecule has 0 spiro atoms. The van der Waals surface area contributed by atoms with Gasteiger partial charge in [0.25, 0.3) is 0 Å². The van der Waals surface area contributed by atoms with E-state index >= 15 is 0 Å². The largest absolute Gasteiger partial charge is 0.497 e. The molecule has 1 aliphatic rings. The highest BCUT2D eigenvalue weighted by molar-refractivity contribution is 7.89. The minimum absolute atomic E-state index is 0.0583. The molecule has 2 aromatic rings.